The molecule has 0 saturated carbocycles. The smallest absolute Gasteiger partial charge is 0.303 e. The molecule has 0 unspecified atom stereocenters. The number of rotatable bonds is 16. The second kappa shape index (κ2) is 14.6. The molecule has 2 heterocycles. The first-order valence-corrected chi connectivity index (χ1v) is 12.5. The summed E-state index contributed by atoms with van der Waals surface area (Å²) in [7, 11) is 0. The first kappa shape index (κ1) is 25.8. The van der Waals surface area contributed by atoms with E-state index in [1.807, 2.05) is 0 Å². The fourth-order valence-electron chi connectivity index (χ4n) is 4.67. The Bertz CT molecular complexity index is 610. The van der Waals surface area contributed by atoms with E-state index >= 15 is 0 Å². The van der Waals surface area contributed by atoms with Crippen molar-refractivity contribution in [3.8, 4) is 0 Å². The second-order valence-electron chi connectivity index (χ2n) is 8.86. The largest absolute Gasteiger partial charge is 0.481 e. The summed E-state index contributed by atoms with van der Waals surface area (Å²) in [6, 6.07) is 0. The summed E-state index contributed by atoms with van der Waals surface area (Å²) in [4.78, 5) is 23.6. The van der Waals surface area contributed by atoms with Gasteiger partial charge in [-0.25, -0.2) is 0 Å². The number of nitrogens with one attached hydrogen (secondary N) is 2. The molecule has 0 radical (unpaired) electrons. The van der Waals surface area contributed by atoms with E-state index in [1.165, 1.54) is 25.7 Å². The van der Waals surface area contributed by atoms with Crippen LogP contribution in [0.1, 0.15) is 84.0 Å². The average molecular weight is 453 g/mol. The van der Waals surface area contributed by atoms with Gasteiger partial charge < -0.3 is 20.5 Å². The number of carboxylic acids is 1. The zero-order valence-corrected chi connectivity index (χ0v) is 19.8. The van der Waals surface area contributed by atoms with E-state index in [0.717, 1.165) is 43.5 Å². The Labute approximate surface area is 192 Å². The zero-order chi connectivity index (χ0) is 22.5. The van der Waals surface area contributed by atoms with Crippen LogP contribution in [0.3, 0.4) is 0 Å². The van der Waals surface area contributed by atoms with Gasteiger partial charge in [-0.1, -0.05) is 57.0 Å². The second-order valence-corrected chi connectivity index (χ2v) is 9.35. The minimum absolute atomic E-state index is 0.0148. The quantitative estimate of drug-likeness (QED) is 0.183. The van der Waals surface area contributed by atoms with Crippen LogP contribution in [-0.4, -0.2) is 47.3 Å². The molecule has 31 heavy (non-hydrogen) atoms. The van der Waals surface area contributed by atoms with Gasteiger partial charge in [0, 0.05) is 18.9 Å². The van der Waals surface area contributed by atoms with Crippen LogP contribution in [-0.2, 0) is 14.3 Å². The number of carboxylic acid groups (broad SMARTS) is 1. The molecule has 2 rings (SSSR count). The van der Waals surface area contributed by atoms with Crippen molar-refractivity contribution in [1.29, 1.82) is 0 Å². The monoisotopic (exact) mass is 452 g/mol. The minimum Gasteiger partial charge on any atom is -0.481 e. The van der Waals surface area contributed by atoms with Crippen molar-refractivity contribution >= 4 is 29.1 Å². The molecule has 0 aliphatic carbocycles. The number of fused-ring (bicyclic) bond motifs is 2. The minimum atomic E-state index is -0.743. The number of amides is 1. The van der Waals surface area contributed by atoms with Crippen LogP contribution in [0.5, 0.6) is 0 Å². The maximum absolute atomic E-state index is 12.3. The molecule has 2 bridgehead atoms. The Morgan fingerprint density at radius 2 is 1.74 bits per heavy atom. The van der Waals surface area contributed by atoms with Crippen LogP contribution in [0.2, 0.25) is 0 Å². The highest BCUT2D eigenvalue weighted by molar-refractivity contribution is 7.80. The average Bonchev–Trinajstić information content (AvgIpc) is 3.34. The number of aliphatic carboxylic acids is 1. The summed E-state index contributed by atoms with van der Waals surface area (Å²) in [5.41, 5.74) is 0. The van der Waals surface area contributed by atoms with Crippen LogP contribution in [0, 0.1) is 11.8 Å². The number of hydrogen-bond acceptors (Lipinski definition) is 4. The number of carbonyl (C=O) groups is 2. The summed E-state index contributed by atoms with van der Waals surface area (Å²) in [5.74, 6) is 0.0100. The van der Waals surface area contributed by atoms with Gasteiger partial charge in [0.25, 0.3) is 0 Å². The summed E-state index contributed by atoms with van der Waals surface area (Å²) < 4.78 is 6.11. The lowest BCUT2D eigenvalue weighted by Crippen LogP contribution is -2.42. The Balaban J connectivity index is 1.63. The van der Waals surface area contributed by atoms with Crippen LogP contribution in [0.25, 0.3) is 0 Å². The summed E-state index contributed by atoms with van der Waals surface area (Å²) >= 11 is 5.34. The van der Waals surface area contributed by atoms with Gasteiger partial charge in [-0.3, -0.25) is 9.59 Å². The molecule has 6 nitrogen and oxygen atoms in total. The number of thiocarbonyl (C=S) groups is 1. The van der Waals surface area contributed by atoms with Gasteiger partial charge in [-0.05, 0) is 50.9 Å². The Morgan fingerprint density at radius 3 is 2.48 bits per heavy atom. The fourth-order valence-corrected chi connectivity index (χ4v) is 4.89. The van der Waals surface area contributed by atoms with Gasteiger partial charge in [0.2, 0.25) is 5.91 Å². The fraction of sp³-hybridized carbons (Fsp3) is 0.792. The molecule has 2 saturated heterocycles. The van der Waals surface area contributed by atoms with Crippen LogP contribution >= 0.6 is 12.2 Å². The van der Waals surface area contributed by atoms with Crippen molar-refractivity contribution in [1.82, 2.24) is 10.6 Å². The van der Waals surface area contributed by atoms with E-state index in [-0.39, 0.29) is 31.1 Å². The summed E-state index contributed by atoms with van der Waals surface area (Å²) in [6.07, 6.45) is 16.4. The van der Waals surface area contributed by atoms with Gasteiger partial charge in [-0.2, -0.15) is 0 Å². The number of carbonyl (C=O) groups excluding carboxylic acids is 1. The number of allylic oxidation sites excluding steroid dienone is 2. The van der Waals surface area contributed by atoms with E-state index in [9.17, 15) is 9.59 Å². The van der Waals surface area contributed by atoms with Crippen molar-refractivity contribution < 1.29 is 19.4 Å². The van der Waals surface area contributed by atoms with E-state index in [1.54, 1.807) is 0 Å². The third-order valence-electron chi connectivity index (χ3n) is 6.42. The normalized spacial score (nSPS) is 24.5. The number of hydrogen-bond donors (Lipinski definition) is 3. The van der Waals surface area contributed by atoms with Crippen LogP contribution < -0.4 is 10.6 Å². The molecule has 0 aromatic heterocycles. The predicted octanol–water partition coefficient (Wildman–Crippen LogP) is 4.37. The lowest BCUT2D eigenvalue weighted by molar-refractivity contribution is -0.137. The van der Waals surface area contributed by atoms with E-state index < -0.39 is 5.97 Å². The predicted molar refractivity (Wildman–Crippen MR) is 127 cm³/mol. The van der Waals surface area contributed by atoms with Gasteiger partial charge in [0.1, 0.15) is 0 Å². The van der Waals surface area contributed by atoms with E-state index in [2.05, 4.69) is 29.7 Å². The molecule has 7 heteroatoms. The van der Waals surface area contributed by atoms with Gasteiger partial charge in [0.05, 0.1) is 23.7 Å². The van der Waals surface area contributed by atoms with E-state index in [4.69, 9.17) is 22.1 Å². The van der Waals surface area contributed by atoms with Crippen LogP contribution in [0.4, 0.5) is 0 Å². The highest BCUT2D eigenvalue weighted by Crippen LogP contribution is 2.44. The SMILES string of the molecule is CCCCCCCC(=S)NCC(=O)NC[C@H]1[C@@H](CC=CCCCC(=O)O)[C@H]2CC[C@@H]1O2. The number of unbranched alkanes of at least 4 members (excludes halogenated alkanes) is 5. The highest BCUT2D eigenvalue weighted by Gasteiger charge is 2.47. The molecule has 2 aliphatic heterocycles. The molecule has 176 valence electrons. The van der Waals surface area contributed by atoms with Crippen molar-refractivity contribution in [2.24, 2.45) is 11.8 Å². The standard InChI is InChI=1S/C24H40N2O4S/c1-2-3-4-5-9-12-23(31)26-17-22(27)25-16-19-18(20-14-15-21(19)30-20)11-8-6-7-10-13-24(28)29/h6,8,18-21H,2-5,7,9-17H2,1H3,(H,25,27)(H,26,31)(H,28,29)/t18-,19+,20-,21+/m1/s1. The van der Waals surface area contributed by atoms with Gasteiger partial charge >= 0.3 is 5.97 Å². The third-order valence-corrected chi connectivity index (χ3v) is 6.76. The molecule has 1 amide bonds. The Hall–Kier alpha value is -1.47. The molecule has 0 spiro atoms. The van der Waals surface area contributed by atoms with Crippen LogP contribution in [0.15, 0.2) is 12.2 Å². The van der Waals surface area contributed by atoms with Gasteiger partial charge in [0.15, 0.2) is 0 Å². The highest BCUT2D eigenvalue weighted by atomic mass is 32.1. The molecule has 0 aromatic carbocycles. The Morgan fingerprint density at radius 1 is 1.00 bits per heavy atom. The van der Waals surface area contributed by atoms with Crippen molar-refractivity contribution in [2.45, 2.75) is 96.2 Å². The molecule has 4 atom stereocenters. The lowest BCUT2D eigenvalue weighted by atomic mass is 9.77. The molecule has 2 fully saturated rings. The summed E-state index contributed by atoms with van der Waals surface area (Å²) in [6.45, 7) is 3.09. The van der Waals surface area contributed by atoms with Crippen molar-refractivity contribution in [3.05, 3.63) is 12.2 Å². The molecule has 3 N–H and O–H groups in total. The third kappa shape index (κ3) is 9.69. The maximum atomic E-state index is 12.3. The van der Waals surface area contributed by atoms with Crippen molar-refractivity contribution in [2.75, 3.05) is 13.1 Å². The summed E-state index contributed by atoms with van der Waals surface area (Å²) in [5, 5.41) is 14.9. The zero-order valence-electron chi connectivity index (χ0n) is 18.9. The molecule has 0 aromatic rings. The Kier molecular flexibility index (Phi) is 12.1. The van der Waals surface area contributed by atoms with Crippen molar-refractivity contribution in [3.63, 3.8) is 0 Å². The molecular formula is C24H40N2O4S. The molecule has 2 aliphatic rings. The first-order chi connectivity index (χ1) is 15.0. The maximum Gasteiger partial charge on any atom is 0.303 e. The van der Waals surface area contributed by atoms with Gasteiger partial charge in [-0.15, -0.1) is 0 Å². The topological polar surface area (TPSA) is 87.7 Å². The molecular weight excluding hydrogens is 412 g/mol. The lowest BCUT2D eigenvalue weighted by Gasteiger charge is -2.27. The first-order valence-electron chi connectivity index (χ1n) is 12.1. The number of ether oxygens (including phenoxy) is 1. The van der Waals surface area contributed by atoms with E-state index in [0.29, 0.717) is 24.8 Å².